The molecule has 1 aliphatic heterocycles. The number of ketones is 1. The van der Waals surface area contributed by atoms with Gasteiger partial charge in [-0.15, -0.1) is 11.3 Å². The van der Waals surface area contributed by atoms with Crippen molar-refractivity contribution >= 4 is 28.5 Å². The van der Waals surface area contributed by atoms with Crippen LogP contribution in [0.25, 0.3) is 0 Å². The lowest BCUT2D eigenvalue weighted by atomic mass is 9.80. The van der Waals surface area contributed by atoms with E-state index in [4.69, 9.17) is 0 Å². The number of rotatable bonds is 2. The molecule has 0 radical (unpaired) electrons. The van der Waals surface area contributed by atoms with Crippen molar-refractivity contribution in [2.75, 3.05) is 10.6 Å². The zero-order valence-corrected chi connectivity index (χ0v) is 16.2. The van der Waals surface area contributed by atoms with E-state index in [0.717, 1.165) is 34.1 Å². The number of fused-ring (bicyclic) bond motifs is 1. The van der Waals surface area contributed by atoms with Crippen LogP contribution in [0.3, 0.4) is 0 Å². The second kappa shape index (κ2) is 7.12. The molecule has 2 aromatic carbocycles. The molecule has 5 rings (SSSR count). The Labute approximate surface area is 171 Å². The summed E-state index contributed by atoms with van der Waals surface area (Å²) in [5.41, 5.74) is 2.96. The largest absolute Gasteiger partial charge is 0.372 e. The Balaban J connectivity index is 1.66. The van der Waals surface area contributed by atoms with Gasteiger partial charge in [0.2, 0.25) is 0 Å². The molecule has 0 unspecified atom stereocenters. The van der Waals surface area contributed by atoms with Crippen LogP contribution in [0.2, 0.25) is 0 Å². The first kappa shape index (κ1) is 18.1. The van der Waals surface area contributed by atoms with Crippen LogP contribution in [0.15, 0.2) is 71.2 Å². The Kier molecular flexibility index (Phi) is 4.43. The van der Waals surface area contributed by atoms with E-state index in [9.17, 15) is 13.6 Å². The van der Waals surface area contributed by atoms with Gasteiger partial charge in [-0.25, -0.2) is 8.78 Å². The molecule has 2 atom stereocenters. The summed E-state index contributed by atoms with van der Waals surface area (Å²) in [5.74, 6) is -1.04. The summed E-state index contributed by atoms with van der Waals surface area (Å²) in [6, 6.07) is 14.2. The first-order valence-electron chi connectivity index (χ1n) is 9.47. The number of para-hydroxylation sites is 2. The van der Waals surface area contributed by atoms with E-state index < -0.39 is 17.7 Å². The molecule has 0 saturated carbocycles. The first-order valence-corrected chi connectivity index (χ1v) is 10.4. The Morgan fingerprint density at radius 3 is 2.59 bits per heavy atom. The number of carbonyl (C=O) groups excluding carboxylic acids is 1. The van der Waals surface area contributed by atoms with Crippen LogP contribution in [0.1, 0.15) is 35.2 Å². The third-order valence-electron chi connectivity index (χ3n) is 5.52. The van der Waals surface area contributed by atoms with Crippen LogP contribution < -0.4 is 10.6 Å². The molecule has 0 amide bonds. The molecular formula is C23H18F2N2OS. The quantitative estimate of drug-likeness (QED) is 0.546. The van der Waals surface area contributed by atoms with Crippen LogP contribution >= 0.6 is 11.3 Å². The van der Waals surface area contributed by atoms with Gasteiger partial charge in [0.15, 0.2) is 5.78 Å². The van der Waals surface area contributed by atoms with Crippen molar-refractivity contribution in [1.82, 2.24) is 0 Å². The highest BCUT2D eigenvalue weighted by molar-refractivity contribution is 7.10. The number of thiophene rings is 1. The smallest absolute Gasteiger partial charge is 0.163 e. The van der Waals surface area contributed by atoms with Crippen molar-refractivity contribution in [1.29, 1.82) is 0 Å². The zero-order valence-electron chi connectivity index (χ0n) is 15.4. The van der Waals surface area contributed by atoms with Gasteiger partial charge in [-0.2, -0.15) is 0 Å². The van der Waals surface area contributed by atoms with E-state index in [0.29, 0.717) is 18.4 Å². The van der Waals surface area contributed by atoms with Crippen LogP contribution in [0, 0.1) is 11.6 Å². The van der Waals surface area contributed by atoms with Crippen LogP contribution in [0.5, 0.6) is 0 Å². The number of anilines is 2. The van der Waals surface area contributed by atoms with E-state index in [1.54, 1.807) is 11.3 Å². The molecule has 0 fully saturated rings. The van der Waals surface area contributed by atoms with Gasteiger partial charge in [0.1, 0.15) is 11.6 Å². The van der Waals surface area contributed by atoms with Gasteiger partial charge in [-0.3, -0.25) is 4.79 Å². The van der Waals surface area contributed by atoms with Gasteiger partial charge >= 0.3 is 0 Å². The minimum Gasteiger partial charge on any atom is -0.372 e. The van der Waals surface area contributed by atoms with Gasteiger partial charge in [0, 0.05) is 34.0 Å². The Morgan fingerprint density at radius 2 is 1.79 bits per heavy atom. The maximum absolute atomic E-state index is 14.7. The van der Waals surface area contributed by atoms with Crippen LogP contribution in [-0.2, 0) is 4.79 Å². The number of benzene rings is 2. The van der Waals surface area contributed by atoms with Crippen LogP contribution in [0.4, 0.5) is 20.2 Å². The van der Waals surface area contributed by atoms with Crippen LogP contribution in [-0.4, -0.2) is 5.78 Å². The minimum atomic E-state index is -0.756. The first-order chi connectivity index (χ1) is 14.1. The normalized spacial score (nSPS) is 21.0. The summed E-state index contributed by atoms with van der Waals surface area (Å²) in [5, 5.41) is 8.69. The van der Waals surface area contributed by atoms with Crippen molar-refractivity contribution < 1.29 is 13.6 Å². The number of hydrogen-bond donors (Lipinski definition) is 2. The molecular weight excluding hydrogens is 390 g/mol. The van der Waals surface area contributed by atoms with Gasteiger partial charge in [-0.05, 0) is 48.2 Å². The summed E-state index contributed by atoms with van der Waals surface area (Å²) in [4.78, 5) is 14.4. The predicted molar refractivity (Wildman–Crippen MR) is 111 cm³/mol. The maximum atomic E-state index is 14.7. The van der Waals surface area contributed by atoms with Crippen molar-refractivity contribution in [2.24, 2.45) is 0 Å². The monoisotopic (exact) mass is 408 g/mol. The average molecular weight is 408 g/mol. The van der Waals surface area contributed by atoms with E-state index in [2.05, 4.69) is 10.6 Å². The molecule has 3 aromatic rings. The van der Waals surface area contributed by atoms with Crippen molar-refractivity contribution in [3.05, 3.63) is 93.3 Å². The molecule has 3 nitrogen and oxygen atoms in total. The summed E-state index contributed by atoms with van der Waals surface area (Å²) in [6.45, 7) is 0. The van der Waals surface area contributed by atoms with Gasteiger partial charge in [-0.1, -0.05) is 18.2 Å². The van der Waals surface area contributed by atoms with E-state index in [-0.39, 0.29) is 17.3 Å². The number of nitrogens with one attached hydrogen (secondary N) is 2. The lowest BCUT2D eigenvalue weighted by molar-refractivity contribution is -0.116. The van der Waals surface area contributed by atoms with E-state index >= 15 is 0 Å². The average Bonchev–Trinajstić information content (AvgIpc) is 3.19. The lowest BCUT2D eigenvalue weighted by Gasteiger charge is -2.29. The second-order valence-corrected chi connectivity index (χ2v) is 8.33. The fraction of sp³-hybridized carbons (Fsp3) is 0.174. The second-order valence-electron chi connectivity index (χ2n) is 7.35. The van der Waals surface area contributed by atoms with Gasteiger partial charge < -0.3 is 10.6 Å². The highest BCUT2D eigenvalue weighted by Gasteiger charge is 2.37. The predicted octanol–water partition coefficient (Wildman–Crippen LogP) is 6.01. The molecule has 0 saturated heterocycles. The summed E-state index contributed by atoms with van der Waals surface area (Å²) in [6.07, 6.45) is 0.998. The van der Waals surface area contributed by atoms with E-state index in [1.165, 1.54) is 6.07 Å². The molecule has 1 aromatic heterocycles. The molecule has 6 heteroatoms. The zero-order chi connectivity index (χ0) is 20.0. The fourth-order valence-electron chi connectivity index (χ4n) is 4.19. The van der Waals surface area contributed by atoms with Crippen molar-refractivity contribution in [3.63, 3.8) is 0 Å². The molecule has 0 bridgehead atoms. The van der Waals surface area contributed by atoms with Crippen molar-refractivity contribution in [3.8, 4) is 0 Å². The molecule has 29 heavy (non-hydrogen) atoms. The number of allylic oxidation sites excluding steroid dienone is 1. The number of carbonyl (C=O) groups is 1. The Hall–Kier alpha value is -2.99. The molecule has 1 aliphatic carbocycles. The number of Topliss-reactive ketones (excluding diaryl/α,β-unsaturated/α-hetero) is 1. The van der Waals surface area contributed by atoms with Crippen molar-refractivity contribution in [2.45, 2.75) is 24.8 Å². The molecule has 0 spiro atoms. The molecule has 2 heterocycles. The maximum Gasteiger partial charge on any atom is 0.163 e. The fourth-order valence-corrected chi connectivity index (χ4v) is 5.02. The summed E-state index contributed by atoms with van der Waals surface area (Å²) >= 11 is 1.64. The number of halogens is 2. The Bertz CT molecular complexity index is 1120. The Morgan fingerprint density at radius 1 is 0.966 bits per heavy atom. The minimum absolute atomic E-state index is 0.0499. The standard InChI is InChI=1S/C23H18F2N2OS/c24-14-7-8-16(25)15(12-14)23-22-19(26-17-4-1-2-5-18(17)27-23)10-13(11-20(22)28)21-6-3-9-29-21/h1-9,12-13,23,26-27H,10-11H2/t13-,23+/m1/s1. The number of hydrogen-bond acceptors (Lipinski definition) is 4. The molecule has 2 aliphatic rings. The molecule has 146 valence electrons. The van der Waals surface area contributed by atoms with Gasteiger partial charge in [0.05, 0.1) is 17.4 Å². The van der Waals surface area contributed by atoms with E-state index in [1.807, 2.05) is 41.8 Å². The highest BCUT2D eigenvalue weighted by atomic mass is 32.1. The third-order valence-corrected chi connectivity index (χ3v) is 6.56. The summed E-state index contributed by atoms with van der Waals surface area (Å²) < 4.78 is 28.6. The third kappa shape index (κ3) is 3.23. The lowest BCUT2D eigenvalue weighted by Crippen LogP contribution is -2.27. The summed E-state index contributed by atoms with van der Waals surface area (Å²) in [7, 11) is 0. The topological polar surface area (TPSA) is 41.1 Å². The molecule has 2 N–H and O–H groups in total. The van der Waals surface area contributed by atoms with Gasteiger partial charge in [0.25, 0.3) is 0 Å². The highest BCUT2D eigenvalue weighted by Crippen LogP contribution is 2.45. The SMILES string of the molecule is O=C1C[C@H](c2cccs2)CC2=C1[C@H](c1cc(F)ccc1F)Nc1ccccc1N2.